The summed E-state index contributed by atoms with van der Waals surface area (Å²) >= 11 is 1.39. The van der Waals surface area contributed by atoms with Gasteiger partial charge in [-0.1, -0.05) is 6.07 Å². The normalized spacial score (nSPS) is 14.8. The Morgan fingerprint density at radius 3 is 2.58 bits per heavy atom. The first-order valence-electron chi connectivity index (χ1n) is 7.52. The van der Waals surface area contributed by atoms with Crippen molar-refractivity contribution in [1.82, 2.24) is 15.5 Å². The van der Waals surface area contributed by atoms with E-state index < -0.39 is 24.5 Å². The van der Waals surface area contributed by atoms with Crippen LogP contribution in [0.2, 0.25) is 0 Å². The minimum Gasteiger partial charge on any atom is -0.455 e. The van der Waals surface area contributed by atoms with Gasteiger partial charge in [0.1, 0.15) is 0 Å². The molecule has 24 heavy (non-hydrogen) atoms. The Kier molecular flexibility index (Phi) is 6.30. The van der Waals surface area contributed by atoms with Gasteiger partial charge in [-0.15, -0.1) is 11.3 Å². The highest BCUT2D eigenvalue weighted by Crippen LogP contribution is 2.21. The lowest BCUT2D eigenvalue weighted by atomic mass is 9.97. The van der Waals surface area contributed by atoms with E-state index in [-0.39, 0.29) is 11.8 Å². The van der Waals surface area contributed by atoms with Gasteiger partial charge in [-0.05, 0) is 24.3 Å². The zero-order valence-corrected chi connectivity index (χ0v) is 14.1. The molecule has 1 aromatic heterocycles. The maximum Gasteiger partial charge on any atom is 0.321 e. The highest BCUT2D eigenvalue weighted by atomic mass is 32.1. The smallest absolute Gasteiger partial charge is 0.321 e. The van der Waals surface area contributed by atoms with Crippen LogP contribution in [-0.2, 0) is 14.3 Å². The van der Waals surface area contributed by atoms with E-state index in [4.69, 9.17) is 4.74 Å². The molecule has 0 aliphatic carbocycles. The van der Waals surface area contributed by atoms with Gasteiger partial charge in [-0.3, -0.25) is 19.7 Å². The molecule has 0 radical (unpaired) electrons. The molecule has 1 saturated heterocycles. The molecule has 2 heterocycles. The summed E-state index contributed by atoms with van der Waals surface area (Å²) in [5, 5.41) is 6.08. The Hall–Kier alpha value is -2.42. The van der Waals surface area contributed by atoms with Crippen molar-refractivity contribution in [3.8, 4) is 0 Å². The quantitative estimate of drug-likeness (QED) is 0.771. The van der Waals surface area contributed by atoms with Crippen LogP contribution in [0.1, 0.15) is 22.5 Å². The van der Waals surface area contributed by atoms with Crippen molar-refractivity contribution in [2.24, 2.45) is 5.92 Å². The molecular formula is C15H19N3O5S. The van der Waals surface area contributed by atoms with Crippen molar-refractivity contribution >= 4 is 35.2 Å². The largest absolute Gasteiger partial charge is 0.455 e. The molecule has 4 amide bonds. The first-order valence-corrected chi connectivity index (χ1v) is 8.40. The molecule has 130 valence electrons. The molecular weight excluding hydrogens is 334 g/mol. The summed E-state index contributed by atoms with van der Waals surface area (Å²) < 4.78 is 4.92. The van der Waals surface area contributed by atoms with Crippen LogP contribution in [0, 0.1) is 5.92 Å². The number of ether oxygens (including phenoxy) is 1. The Morgan fingerprint density at radius 2 is 2.00 bits per heavy atom. The number of nitrogens with zero attached hydrogens (tertiary/aromatic N) is 1. The molecule has 0 unspecified atom stereocenters. The van der Waals surface area contributed by atoms with Crippen LogP contribution in [-0.4, -0.2) is 55.5 Å². The number of imide groups is 1. The molecule has 0 spiro atoms. The van der Waals surface area contributed by atoms with Gasteiger partial charge in [-0.25, -0.2) is 4.79 Å². The molecule has 0 saturated carbocycles. The first kappa shape index (κ1) is 17.9. The van der Waals surface area contributed by atoms with Crippen molar-refractivity contribution < 1.29 is 23.9 Å². The summed E-state index contributed by atoms with van der Waals surface area (Å²) in [4.78, 5) is 48.9. The molecule has 2 N–H and O–H groups in total. The number of likely N-dealkylation sites (tertiary alicyclic amines) is 1. The second-order valence-electron chi connectivity index (χ2n) is 5.28. The SMILES string of the molecule is CNC(=O)NC(=O)COC(=O)C1CCN(C(=O)c2cccs2)CC1. The van der Waals surface area contributed by atoms with E-state index in [9.17, 15) is 19.2 Å². The van der Waals surface area contributed by atoms with E-state index in [1.165, 1.54) is 18.4 Å². The average molecular weight is 353 g/mol. The van der Waals surface area contributed by atoms with Crippen molar-refractivity contribution in [3.63, 3.8) is 0 Å². The monoisotopic (exact) mass is 353 g/mol. The summed E-state index contributed by atoms with van der Waals surface area (Å²) in [5.74, 6) is -1.54. The topological polar surface area (TPSA) is 105 Å². The summed E-state index contributed by atoms with van der Waals surface area (Å²) in [6.07, 6.45) is 0.986. The highest BCUT2D eigenvalue weighted by Gasteiger charge is 2.29. The van der Waals surface area contributed by atoms with E-state index in [2.05, 4.69) is 5.32 Å². The van der Waals surface area contributed by atoms with Gasteiger partial charge < -0.3 is 15.0 Å². The number of urea groups is 1. The van der Waals surface area contributed by atoms with Crippen molar-refractivity contribution in [2.45, 2.75) is 12.8 Å². The number of rotatable bonds is 4. The molecule has 0 bridgehead atoms. The van der Waals surface area contributed by atoms with E-state index in [1.54, 1.807) is 11.0 Å². The number of esters is 1. The first-order chi connectivity index (χ1) is 11.5. The number of carbonyl (C=O) groups excluding carboxylic acids is 4. The predicted molar refractivity (Wildman–Crippen MR) is 86.5 cm³/mol. The molecule has 1 aromatic rings. The van der Waals surface area contributed by atoms with Gasteiger partial charge in [0, 0.05) is 20.1 Å². The fraction of sp³-hybridized carbons (Fsp3) is 0.467. The van der Waals surface area contributed by atoms with Crippen LogP contribution in [0.3, 0.4) is 0 Å². The second kappa shape index (κ2) is 8.44. The maximum absolute atomic E-state index is 12.2. The number of hydrogen-bond acceptors (Lipinski definition) is 6. The zero-order valence-electron chi connectivity index (χ0n) is 13.2. The van der Waals surface area contributed by atoms with Crippen LogP contribution in [0.25, 0.3) is 0 Å². The number of piperidine rings is 1. The summed E-state index contributed by atoms with van der Waals surface area (Å²) in [6, 6.07) is 2.95. The molecule has 8 nitrogen and oxygen atoms in total. The number of thiophene rings is 1. The predicted octanol–water partition coefficient (Wildman–Crippen LogP) is 0.599. The van der Waals surface area contributed by atoms with E-state index >= 15 is 0 Å². The van der Waals surface area contributed by atoms with Crippen LogP contribution in [0.4, 0.5) is 4.79 Å². The zero-order chi connectivity index (χ0) is 17.5. The average Bonchev–Trinajstić information content (AvgIpc) is 3.13. The lowest BCUT2D eigenvalue weighted by molar-refractivity contribution is -0.153. The fourth-order valence-electron chi connectivity index (χ4n) is 2.35. The lowest BCUT2D eigenvalue weighted by Gasteiger charge is -2.30. The molecule has 0 atom stereocenters. The molecule has 0 aromatic carbocycles. The highest BCUT2D eigenvalue weighted by molar-refractivity contribution is 7.12. The molecule has 2 rings (SSSR count). The van der Waals surface area contributed by atoms with Crippen LogP contribution in [0.5, 0.6) is 0 Å². The van der Waals surface area contributed by atoms with Gasteiger partial charge in [0.2, 0.25) is 0 Å². The van der Waals surface area contributed by atoms with Crippen molar-refractivity contribution in [1.29, 1.82) is 0 Å². The summed E-state index contributed by atoms with van der Waals surface area (Å²) in [5.41, 5.74) is 0. The van der Waals surface area contributed by atoms with Gasteiger partial charge in [0.15, 0.2) is 6.61 Å². The molecule has 1 aliphatic rings. The van der Waals surface area contributed by atoms with Crippen LogP contribution in [0.15, 0.2) is 17.5 Å². The lowest BCUT2D eigenvalue weighted by Crippen LogP contribution is -2.42. The Bertz CT molecular complexity index is 609. The van der Waals surface area contributed by atoms with Gasteiger partial charge in [-0.2, -0.15) is 0 Å². The third-order valence-corrected chi connectivity index (χ3v) is 4.53. The number of amides is 4. The van der Waals surface area contributed by atoms with Crippen LogP contribution < -0.4 is 10.6 Å². The third kappa shape index (κ3) is 4.79. The summed E-state index contributed by atoms with van der Waals surface area (Å²) in [7, 11) is 1.37. The molecule has 1 fully saturated rings. The molecule has 1 aliphatic heterocycles. The van der Waals surface area contributed by atoms with E-state index in [1.807, 2.05) is 16.8 Å². The second-order valence-corrected chi connectivity index (χ2v) is 6.23. The Balaban J connectivity index is 1.73. The van der Waals surface area contributed by atoms with Gasteiger partial charge >= 0.3 is 12.0 Å². The molecule has 9 heteroatoms. The standard InChI is InChI=1S/C15H19N3O5S/c1-16-15(22)17-12(19)9-23-14(21)10-4-6-18(7-5-10)13(20)11-3-2-8-24-11/h2-3,8,10H,4-7,9H2,1H3,(H2,16,17,19,22). The van der Waals surface area contributed by atoms with E-state index in [0.717, 1.165) is 0 Å². The summed E-state index contributed by atoms with van der Waals surface area (Å²) in [6.45, 7) is 0.447. The fourth-order valence-corrected chi connectivity index (χ4v) is 3.04. The van der Waals surface area contributed by atoms with E-state index in [0.29, 0.717) is 30.8 Å². The van der Waals surface area contributed by atoms with Crippen molar-refractivity contribution in [3.05, 3.63) is 22.4 Å². The Morgan fingerprint density at radius 1 is 1.29 bits per heavy atom. The number of nitrogens with one attached hydrogen (secondary N) is 2. The third-order valence-electron chi connectivity index (χ3n) is 3.67. The van der Waals surface area contributed by atoms with Gasteiger partial charge in [0.25, 0.3) is 11.8 Å². The minimum absolute atomic E-state index is 0.0261. The number of hydrogen-bond donors (Lipinski definition) is 2. The van der Waals surface area contributed by atoms with Crippen LogP contribution >= 0.6 is 11.3 Å². The van der Waals surface area contributed by atoms with Crippen molar-refractivity contribution in [2.75, 3.05) is 26.7 Å². The maximum atomic E-state index is 12.2. The Labute approximate surface area is 143 Å². The number of carbonyl (C=O) groups is 4. The minimum atomic E-state index is -0.687. The van der Waals surface area contributed by atoms with Gasteiger partial charge in [0.05, 0.1) is 10.8 Å².